The minimum absolute atomic E-state index is 0.0237. The van der Waals surface area contributed by atoms with Gasteiger partial charge in [-0.1, -0.05) is 37.5 Å². The number of phenolic OH excluding ortho intramolecular Hbond substituents is 1. The molecular formula is C21H32NO3+. The van der Waals surface area contributed by atoms with Gasteiger partial charge in [0.25, 0.3) is 0 Å². The molecule has 1 atom stereocenters. The summed E-state index contributed by atoms with van der Waals surface area (Å²) in [5.74, 6) is 0.0402. The number of para-hydroxylation sites is 1. The first kappa shape index (κ1) is 18.2. The first-order chi connectivity index (χ1) is 12.0. The van der Waals surface area contributed by atoms with Crippen LogP contribution in [-0.2, 0) is 9.53 Å². The minimum Gasteiger partial charge on any atom is -0.508 e. The molecule has 1 heterocycles. The van der Waals surface area contributed by atoms with Crippen LogP contribution in [-0.4, -0.2) is 48.8 Å². The number of hydrogen-bond acceptors (Lipinski definition) is 3. The van der Waals surface area contributed by atoms with Gasteiger partial charge in [0, 0.05) is 18.4 Å². The Morgan fingerprint density at radius 2 is 1.72 bits per heavy atom. The van der Waals surface area contributed by atoms with Crippen LogP contribution in [0.3, 0.4) is 0 Å². The Hall–Kier alpha value is -1.55. The lowest BCUT2D eigenvalue weighted by atomic mass is 9.76. The fraction of sp³-hybridized carbons (Fsp3) is 0.667. The van der Waals surface area contributed by atoms with Gasteiger partial charge < -0.3 is 14.3 Å². The number of carbonyl (C=O) groups is 1. The number of likely N-dealkylation sites (tertiary alicyclic amines) is 1. The highest BCUT2D eigenvalue weighted by Crippen LogP contribution is 2.40. The summed E-state index contributed by atoms with van der Waals surface area (Å²) in [6, 6.07) is 7.28. The highest BCUT2D eigenvalue weighted by molar-refractivity contribution is 5.79. The molecule has 1 N–H and O–H groups in total. The third-order valence-electron chi connectivity index (χ3n) is 6.04. The van der Waals surface area contributed by atoms with E-state index >= 15 is 0 Å². The third kappa shape index (κ3) is 4.55. The van der Waals surface area contributed by atoms with Crippen LogP contribution in [0.25, 0.3) is 0 Å². The molecule has 1 unspecified atom stereocenters. The average molecular weight is 346 g/mol. The number of esters is 1. The van der Waals surface area contributed by atoms with E-state index < -0.39 is 0 Å². The van der Waals surface area contributed by atoms with Crippen LogP contribution in [0, 0.1) is 5.92 Å². The molecule has 2 fully saturated rings. The Kier molecular flexibility index (Phi) is 5.67. The standard InChI is InChI=1S/C21H31NO3/c1-22(2)14-12-17(13-15-22)25-21(24)20(16-8-4-3-5-9-16)18-10-6-7-11-19(18)23/h6-7,10-11,16-17,20H,3-5,8-9,12-15H2,1-2H3/p+1. The molecule has 0 amide bonds. The minimum atomic E-state index is -0.328. The Morgan fingerprint density at radius 1 is 1.08 bits per heavy atom. The van der Waals surface area contributed by atoms with Crippen LogP contribution in [0.2, 0.25) is 0 Å². The number of rotatable bonds is 4. The van der Waals surface area contributed by atoms with Crippen LogP contribution >= 0.6 is 0 Å². The van der Waals surface area contributed by atoms with Crippen LogP contribution < -0.4 is 0 Å². The molecule has 4 nitrogen and oxygen atoms in total. The van der Waals surface area contributed by atoms with Gasteiger partial charge in [-0.3, -0.25) is 4.79 Å². The first-order valence-corrected chi connectivity index (χ1v) is 9.77. The van der Waals surface area contributed by atoms with E-state index in [-0.39, 0.29) is 29.7 Å². The summed E-state index contributed by atoms with van der Waals surface area (Å²) in [5.41, 5.74) is 0.742. The number of aromatic hydroxyl groups is 1. The molecule has 4 heteroatoms. The fourth-order valence-electron chi connectivity index (χ4n) is 4.39. The van der Waals surface area contributed by atoms with Crippen molar-refractivity contribution in [1.82, 2.24) is 0 Å². The third-order valence-corrected chi connectivity index (χ3v) is 6.04. The van der Waals surface area contributed by atoms with Gasteiger partial charge in [-0.25, -0.2) is 0 Å². The number of benzene rings is 1. The van der Waals surface area contributed by atoms with E-state index in [0.717, 1.165) is 61.7 Å². The molecule has 1 aromatic carbocycles. The predicted octanol–water partition coefficient (Wildman–Crippen LogP) is 3.84. The molecule has 2 aliphatic rings. The van der Waals surface area contributed by atoms with Crippen molar-refractivity contribution in [3.8, 4) is 5.75 Å². The zero-order valence-electron chi connectivity index (χ0n) is 15.6. The van der Waals surface area contributed by atoms with Crippen LogP contribution in [0.15, 0.2) is 24.3 Å². The van der Waals surface area contributed by atoms with Crippen molar-refractivity contribution in [2.45, 2.75) is 57.0 Å². The van der Waals surface area contributed by atoms with E-state index in [1.54, 1.807) is 6.07 Å². The lowest BCUT2D eigenvalue weighted by molar-refractivity contribution is -0.896. The second-order valence-electron chi connectivity index (χ2n) is 8.45. The van der Waals surface area contributed by atoms with Crippen molar-refractivity contribution in [3.63, 3.8) is 0 Å². The lowest BCUT2D eigenvalue weighted by Crippen LogP contribution is -2.48. The summed E-state index contributed by atoms with van der Waals surface area (Å²) >= 11 is 0. The number of phenols is 1. The maximum absolute atomic E-state index is 13.1. The Balaban J connectivity index is 1.74. The molecule has 1 aliphatic heterocycles. The van der Waals surface area contributed by atoms with E-state index in [1.165, 1.54) is 6.42 Å². The Labute approximate surface area is 151 Å². The molecule has 1 aromatic rings. The number of quaternary nitrogens is 1. The molecule has 0 bridgehead atoms. The molecule has 3 rings (SSSR count). The maximum Gasteiger partial charge on any atom is 0.314 e. The Bertz CT molecular complexity index is 583. The van der Waals surface area contributed by atoms with Gasteiger partial charge in [-0.2, -0.15) is 0 Å². The summed E-state index contributed by atoms with van der Waals surface area (Å²) in [7, 11) is 4.45. The largest absolute Gasteiger partial charge is 0.508 e. The molecule has 138 valence electrons. The van der Waals surface area contributed by atoms with Crippen molar-refractivity contribution in [2.24, 2.45) is 5.92 Å². The zero-order chi connectivity index (χ0) is 17.9. The Morgan fingerprint density at radius 3 is 2.36 bits per heavy atom. The van der Waals surface area contributed by atoms with Gasteiger partial charge in [0.2, 0.25) is 0 Å². The van der Waals surface area contributed by atoms with Gasteiger partial charge in [0.15, 0.2) is 0 Å². The fourth-order valence-corrected chi connectivity index (χ4v) is 4.39. The SMILES string of the molecule is C[N+]1(C)CCC(OC(=O)C(c2ccccc2O)C2CCCCC2)CC1. The van der Waals surface area contributed by atoms with Gasteiger partial charge in [-0.05, 0) is 24.8 Å². The quantitative estimate of drug-likeness (QED) is 0.665. The van der Waals surface area contributed by atoms with Crippen molar-refractivity contribution in [2.75, 3.05) is 27.2 Å². The lowest BCUT2D eigenvalue weighted by Gasteiger charge is -2.37. The van der Waals surface area contributed by atoms with Gasteiger partial charge >= 0.3 is 5.97 Å². The molecule has 1 saturated heterocycles. The van der Waals surface area contributed by atoms with E-state index in [9.17, 15) is 9.90 Å². The number of ether oxygens (including phenoxy) is 1. The summed E-state index contributed by atoms with van der Waals surface area (Å²) in [4.78, 5) is 13.1. The number of piperidine rings is 1. The van der Waals surface area contributed by atoms with Gasteiger partial charge in [-0.15, -0.1) is 0 Å². The molecule has 1 saturated carbocycles. The highest BCUT2D eigenvalue weighted by Gasteiger charge is 2.36. The average Bonchev–Trinajstić information content (AvgIpc) is 2.60. The van der Waals surface area contributed by atoms with Gasteiger partial charge in [0.1, 0.15) is 11.9 Å². The van der Waals surface area contributed by atoms with E-state index in [1.807, 2.05) is 18.2 Å². The van der Waals surface area contributed by atoms with E-state index in [4.69, 9.17) is 4.74 Å². The number of nitrogens with zero attached hydrogens (tertiary/aromatic N) is 1. The van der Waals surface area contributed by atoms with Crippen LogP contribution in [0.4, 0.5) is 0 Å². The molecule has 25 heavy (non-hydrogen) atoms. The monoisotopic (exact) mass is 346 g/mol. The molecule has 0 radical (unpaired) electrons. The van der Waals surface area contributed by atoms with Crippen molar-refractivity contribution >= 4 is 5.97 Å². The summed E-state index contributed by atoms with van der Waals surface area (Å²) in [6.07, 6.45) is 7.54. The smallest absolute Gasteiger partial charge is 0.314 e. The van der Waals surface area contributed by atoms with Crippen LogP contribution in [0.1, 0.15) is 56.4 Å². The normalized spacial score (nSPS) is 23.1. The second kappa shape index (κ2) is 7.77. The topological polar surface area (TPSA) is 46.5 Å². The zero-order valence-corrected chi connectivity index (χ0v) is 15.6. The summed E-state index contributed by atoms with van der Waals surface area (Å²) in [5, 5.41) is 10.3. The van der Waals surface area contributed by atoms with Crippen molar-refractivity contribution in [3.05, 3.63) is 29.8 Å². The highest BCUT2D eigenvalue weighted by atomic mass is 16.5. The van der Waals surface area contributed by atoms with E-state index in [2.05, 4.69) is 14.1 Å². The molecule has 0 spiro atoms. The van der Waals surface area contributed by atoms with Gasteiger partial charge in [0.05, 0.1) is 33.1 Å². The molecule has 1 aliphatic carbocycles. The predicted molar refractivity (Wildman–Crippen MR) is 98.4 cm³/mol. The number of carbonyl (C=O) groups excluding carboxylic acids is 1. The maximum atomic E-state index is 13.1. The molecule has 0 aromatic heterocycles. The summed E-state index contributed by atoms with van der Waals surface area (Å²) < 4.78 is 6.95. The van der Waals surface area contributed by atoms with Crippen molar-refractivity contribution < 1.29 is 19.1 Å². The van der Waals surface area contributed by atoms with E-state index in [0.29, 0.717) is 0 Å². The first-order valence-electron chi connectivity index (χ1n) is 9.77. The number of hydrogen-bond donors (Lipinski definition) is 1. The second-order valence-corrected chi connectivity index (χ2v) is 8.45. The van der Waals surface area contributed by atoms with Crippen LogP contribution in [0.5, 0.6) is 5.75 Å². The summed E-state index contributed by atoms with van der Waals surface area (Å²) in [6.45, 7) is 2.09. The van der Waals surface area contributed by atoms with Crippen molar-refractivity contribution in [1.29, 1.82) is 0 Å². The molecular weight excluding hydrogens is 314 g/mol.